The highest BCUT2D eigenvalue weighted by Gasteiger charge is 2.22. The number of carbonyl (C=O) groups is 2. The van der Waals surface area contributed by atoms with Gasteiger partial charge < -0.3 is 10.6 Å². The molecule has 0 unspecified atom stereocenters. The Hall–Kier alpha value is -3.91. The van der Waals surface area contributed by atoms with E-state index in [0.29, 0.717) is 23.5 Å². The molecule has 0 aliphatic carbocycles. The zero-order valence-corrected chi connectivity index (χ0v) is 18.3. The number of hydrogen-bond acceptors (Lipinski definition) is 4. The molecule has 3 aromatic carbocycles. The number of amides is 2. The molecule has 0 aromatic heterocycles. The molecule has 0 atom stereocenters. The maximum absolute atomic E-state index is 12.9. The van der Waals surface area contributed by atoms with Crippen LogP contribution in [0.5, 0.6) is 0 Å². The van der Waals surface area contributed by atoms with Gasteiger partial charge >= 0.3 is 0 Å². The first-order valence-corrected chi connectivity index (χ1v) is 11.2. The van der Waals surface area contributed by atoms with Crippen LogP contribution in [-0.4, -0.2) is 33.8 Å². The Kier molecular flexibility index (Phi) is 7.07. The third-order valence-electron chi connectivity index (χ3n) is 4.72. The predicted molar refractivity (Wildman–Crippen MR) is 125 cm³/mol. The molecule has 164 valence electrons. The first-order valence-electron chi connectivity index (χ1n) is 9.78. The van der Waals surface area contributed by atoms with Gasteiger partial charge in [-0.25, -0.2) is 8.42 Å². The SMILES string of the molecule is C=CCNC(=O)c1ccccc1NC(=O)c1ccc(S(=O)(=O)N(C)c2ccccc2)cc1. The van der Waals surface area contributed by atoms with Crippen LogP contribution in [0.25, 0.3) is 0 Å². The summed E-state index contributed by atoms with van der Waals surface area (Å²) in [4.78, 5) is 25.1. The summed E-state index contributed by atoms with van der Waals surface area (Å²) in [7, 11) is -2.31. The van der Waals surface area contributed by atoms with Crippen molar-refractivity contribution in [1.82, 2.24) is 5.32 Å². The topological polar surface area (TPSA) is 95.6 Å². The van der Waals surface area contributed by atoms with Gasteiger partial charge in [-0.05, 0) is 48.5 Å². The average molecular weight is 450 g/mol. The van der Waals surface area contributed by atoms with Gasteiger partial charge in [-0.2, -0.15) is 0 Å². The van der Waals surface area contributed by atoms with Gasteiger partial charge in [-0.15, -0.1) is 6.58 Å². The van der Waals surface area contributed by atoms with Crippen molar-refractivity contribution in [1.29, 1.82) is 0 Å². The van der Waals surface area contributed by atoms with Crippen molar-refractivity contribution in [2.24, 2.45) is 0 Å². The highest BCUT2D eigenvalue weighted by molar-refractivity contribution is 7.92. The van der Waals surface area contributed by atoms with E-state index in [1.165, 1.54) is 35.6 Å². The van der Waals surface area contributed by atoms with E-state index in [2.05, 4.69) is 17.2 Å². The van der Waals surface area contributed by atoms with Crippen molar-refractivity contribution in [3.8, 4) is 0 Å². The summed E-state index contributed by atoms with van der Waals surface area (Å²) >= 11 is 0. The van der Waals surface area contributed by atoms with Crippen LogP contribution in [0.4, 0.5) is 11.4 Å². The molecular formula is C24H23N3O4S. The minimum Gasteiger partial charge on any atom is -0.349 e. The molecule has 0 radical (unpaired) electrons. The molecule has 0 aliphatic rings. The van der Waals surface area contributed by atoms with Crippen LogP contribution in [0, 0.1) is 0 Å². The van der Waals surface area contributed by atoms with Crippen LogP contribution in [0.1, 0.15) is 20.7 Å². The van der Waals surface area contributed by atoms with E-state index in [-0.39, 0.29) is 16.4 Å². The first kappa shape index (κ1) is 22.8. The molecule has 7 nitrogen and oxygen atoms in total. The Balaban J connectivity index is 1.78. The predicted octanol–water partition coefficient (Wildman–Crippen LogP) is 3.68. The lowest BCUT2D eigenvalue weighted by molar-refractivity contribution is 0.0959. The lowest BCUT2D eigenvalue weighted by Gasteiger charge is -2.19. The summed E-state index contributed by atoms with van der Waals surface area (Å²) in [6, 6.07) is 21.0. The molecule has 2 amide bonds. The molecule has 2 N–H and O–H groups in total. The summed E-state index contributed by atoms with van der Waals surface area (Å²) in [6.45, 7) is 3.86. The number of hydrogen-bond donors (Lipinski definition) is 2. The quantitative estimate of drug-likeness (QED) is 0.513. The van der Waals surface area contributed by atoms with Gasteiger partial charge in [0.15, 0.2) is 0 Å². The fourth-order valence-electron chi connectivity index (χ4n) is 2.96. The van der Waals surface area contributed by atoms with E-state index in [0.717, 1.165) is 0 Å². The molecule has 3 rings (SSSR count). The minimum absolute atomic E-state index is 0.0598. The van der Waals surface area contributed by atoms with Gasteiger partial charge in [0, 0.05) is 19.2 Å². The van der Waals surface area contributed by atoms with Crippen molar-refractivity contribution >= 4 is 33.2 Å². The molecular weight excluding hydrogens is 426 g/mol. The van der Waals surface area contributed by atoms with Crippen LogP contribution in [-0.2, 0) is 10.0 Å². The molecule has 32 heavy (non-hydrogen) atoms. The Morgan fingerprint density at radius 2 is 1.53 bits per heavy atom. The first-order chi connectivity index (χ1) is 15.3. The van der Waals surface area contributed by atoms with Gasteiger partial charge in [0.2, 0.25) is 0 Å². The molecule has 0 aliphatic heterocycles. The standard InChI is InChI=1S/C24H23N3O4S/c1-3-17-25-24(29)21-11-7-8-12-22(21)26-23(28)18-13-15-20(16-14-18)32(30,31)27(2)19-9-5-4-6-10-19/h3-16H,1,17H2,2H3,(H,25,29)(H,26,28). The Morgan fingerprint density at radius 3 is 2.19 bits per heavy atom. The summed E-state index contributed by atoms with van der Waals surface area (Å²) < 4.78 is 27.0. The normalized spacial score (nSPS) is 10.8. The van der Waals surface area contributed by atoms with Gasteiger partial charge in [0.25, 0.3) is 21.8 Å². The van der Waals surface area contributed by atoms with Crippen molar-refractivity contribution < 1.29 is 18.0 Å². The Morgan fingerprint density at radius 1 is 0.906 bits per heavy atom. The highest BCUT2D eigenvalue weighted by Crippen LogP contribution is 2.22. The van der Waals surface area contributed by atoms with Crippen LogP contribution < -0.4 is 14.9 Å². The van der Waals surface area contributed by atoms with E-state index in [1.807, 2.05) is 0 Å². The molecule has 0 saturated heterocycles. The molecule has 8 heteroatoms. The summed E-state index contributed by atoms with van der Waals surface area (Å²) in [6.07, 6.45) is 1.56. The van der Waals surface area contributed by atoms with Crippen LogP contribution in [0.15, 0.2) is 96.4 Å². The number of para-hydroxylation sites is 2. The summed E-state index contributed by atoms with van der Waals surface area (Å²) in [5, 5.41) is 5.38. The second kappa shape index (κ2) is 9.93. The lowest BCUT2D eigenvalue weighted by atomic mass is 10.1. The largest absolute Gasteiger partial charge is 0.349 e. The van der Waals surface area contributed by atoms with Gasteiger partial charge in [-0.3, -0.25) is 13.9 Å². The zero-order valence-electron chi connectivity index (χ0n) is 17.5. The number of rotatable bonds is 8. The van der Waals surface area contributed by atoms with E-state index < -0.39 is 15.9 Å². The highest BCUT2D eigenvalue weighted by atomic mass is 32.2. The molecule has 0 saturated carbocycles. The van der Waals surface area contributed by atoms with E-state index in [9.17, 15) is 18.0 Å². The smallest absolute Gasteiger partial charge is 0.264 e. The fraction of sp³-hybridized carbons (Fsp3) is 0.0833. The van der Waals surface area contributed by atoms with Crippen molar-refractivity contribution in [3.05, 3.63) is 103 Å². The Bertz CT molecular complexity index is 1220. The van der Waals surface area contributed by atoms with Crippen molar-refractivity contribution in [2.45, 2.75) is 4.90 Å². The average Bonchev–Trinajstić information content (AvgIpc) is 2.83. The minimum atomic E-state index is -3.78. The van der Waals surface area contributed by atoms with Gasteiger partial charge in [0.1, 0.15) is 0 Å². The monoisotopic (exact) mass is 449 g/mol. The van der Waals surface area contributed by atoms with Crippen molar-refractivity contribution in [3.63, 3.8) is 0 Å². The van der Waals surface area contributed by atoms with E-state index >= 15 is 0 Å². The third kappa shape index (κ3) is 5.04. The zero-order chi connectivity index (χ0) is 23.1. The lowest BCUT2D eigenvalue weighted by Crippen LogP contribution is -2.26. The number of nitrogens with zero attached hydrogens (tertiary/aromatic N) is 1. The Labute approximate surface area is 187 Å². The van der Waals surface area contributed by atoms with E-state index in [4.69, 9.17) is 0 Å². The maximum atomic E-state index is 12.9. The summed E-state index contributed by atoms with van der Waals surface area (Å²) in [5.74, 6) is -0.805. The molecule has 3 aromatic rings. The number of nitrogens with one attached hydrogen (secondary N) is 2. The second-order valence-electron chi connectivity index (χ2n) is 6.83. The number of sulfonamides is 1. The number of anilines is 2. The van der Waals surface area contributed by atoms with Crippen molar-refractivity contribution in [2.75, 3.05) is 23.2 Å². The number of benzene rings is 3. The molecule has 0 fully saturated rings. The third-order valence-corrected chi connectivity index (χ3v) is 6.52. The fourth-order valence-corrected chi connectivity index (χ4v) is 4.15. The van der Waals surface area contributed by atoms with Crippen LogP contribution in [0.3, 0.4) is 0 Å². The summed E-state index contributed by atoms with van der Waals surface area (Å²) in [5.41, 5.74) is 1.44. The van der Waals surface area contributed by atoms with E-state index in [1.54, 1.807) is 60.7 Å². The van der Waals surface area contributed by atoms with Crippen LogP contribution in [0.2, 0.25) is 0 Å². The maximum Gasteiger partial charge on any atom is 0.264 e. The van der Waals surface area contributed by atoms with Gasteiger partial charge in [0.05, 0.1) is 21.8 Å². The van der Waals surface area contributed by atoms with Crippen LogP contribution >= 0.6 is 0 Å². The molecule has 0 heterocycles. The molecule has 0 bridgehead atoms. The second-order valence-corrected chi connectivity index (χ2v) is 8.80. The molecule has 0 spiro atoms. The number of carbonyl (C=O) groups excluding carboxylic acids is 2. The van der Waals surface area contributed by atoms with Gasteiger partial charge in [-0.1, -0.05) is 36.4 Å².